The average molecular weight is 358 g/mol. The molecule has 1 N–H and O–H groups in total. The molecule has 1 unspecified atom stereocenters. The lowest BCUT2D eigenvalue weighted by atomic mass is 10.1. The highest BCUT2D eigenvalue weighted by atomic mass is 16.4. The van der Waals surface area contributed by atoms with Crippen LogP contribution in [-0.4, -0.2) is 70.6 Å². The first-order valence-corrected chi connectivity index (χ1v) is 8.73. The van der Waals surface area contributed by atoms with Crippen LogP contribution in [0.5, 0.6) is 0 Å². The molecule has 1 aromatic rings. The third kappa shape index (κ3) is 3.54. The van der Waals surface area contributed by atoms with E-state index in [-0.39, 0.29) is 30.5 Å². The smallest absolute Gasteiger partial charge is 0.328 e. The van der Waals surface area contributed by atoms with Gasteiger partial charge in [0.15, 0.2) is 6.04 Å². The number of carbonyl (C=O) groups is 3. The molecule has 8 heteroatoms. The fraction of sp³-hybridized carbons (Fsp3) is 0.444. The van der Waals surface area contributed by atoms with Gasteiger partial charge in [0.05, 0.1) is 5.69 Å². The Kier molecular flexibility index (Phi) is 5.20. The molecule has 3 rings (SSSR count). The van der Waals surface area contributed by atoms with Gasteiger partial charge in [-0.05, 0) is 25.5 Å². The highest BCUT2D eigenvalue weighted by Crippen LogP contribution is 2.25. The van der Waals surface area contributed by atoms with Crippen LogP contribution in [0, 0.1) is 0 Å². The minimum atomic E-state index is -1.04. The van der Waals surface area contributed by atoms with E-state index >= 15 is 0 Å². The first kappa shape index (κ1) is 17.9. The molecule has 0 bridgehead atoms. The van der Waals surface area contributed by atoms with E-state index < -0.39 is 12.0 Å². The van der Waals surface area contributed by atoms with Crippen molar-refractivity contribution in [1.29, 1.82) is 0 Å². The van der Waals surface area contributed by atoms with E-state index in [9.17, 15) is 19.5 Å². The van der Waals surface area contributed by atoms with Gasteiger partial charge in [0.2, 0.25) is 5.91 Å². The van der Waals surface area contributed by atoms with E-state index in [1.807, 2.05) is 13.0 Å². The molecule has 8 nitrogen and oxygen atoms in total. The number of hydrazone groups is 1. The van der Waals surface area contributed by atoms with Crippen LogP contribution in [0.1, 0.15) is 19.8 Å². The van der Waals surface area contributed by atoms with Gasteiger partial charge in [-0.15, -0.1) is 0 Å². The second-order valence-corrected chi connectivity index (χ2v) is 6.34. The van der Waals surface area contributed by atoms with Crippen molar-refractivity contribution in [3.05, 3.63) is 30.3 Å². The molecule has 138 valence electrons. The number of hydrogen-bond acceptors (Lipinski definition) is 5. The lowest BCUT2D eigenvalue weighted by Crippen LogP contribution is -2.42. The molecule has 26 heavy (non-hydrogen) atoms. The third-order valence-electron chi connectivity index (χ3n) is 4.67. The molecular weight excluding hydrogens is 336 g/mol. The quantitative estimate of drug-likeness (QED) is 0.859. The van der Waals surface area contributed by atoms with Crippen molar-refractivity contribution >= 4 is 29.2 Å². The molecule has 0 spiro atoms. The molecule has 0 aliphatic carbocycles. The number of benzene rings is 1. The van der Waals surface area contributed by atoms with Gasteiger partial charge in [0, 0.05) is 26.1 Å². The molecule has 2 heterocycles. The maximum absolute atomic E-state index is 12.8. The number of aliphatic carboxylic acids is 1. The van der Waals surface area contributed by atoms with E-state index in [0.29, 0.717) is 31.7 Å². The van der Waals surface area contributed by atoms with Gasteiger partial charge in [0.1, 0.15) is 12.3 Å². The summed E-state index contributed by atoms with van der Waals surface area (Å²) in [5.41, 5.74) is 0.797. The SMILES string of the molecule is CCN1CCCN(C(=O)C2=NN(c3ccccc3)C(C(=O)O)C2)CC1=O. The summed E-state index contributed by atoms with van der Waals surface area (Å²) in [5, 5.41) is 15.2. The predicted octanol–water partition coefficient (Wildman–Crippen LogP) is 0.787. The van der Waals surface area contributed by atoms with Crippen molar-refractivity contribution < 1.29 is 19.5 Å². The van der Waals surface area contributed by atoms with Gasteiger partial charge in [-0.25, -0.2) is 4.79 Å². The van der Waals surface area contributed by atoms with Crippen LogP contribution in [0.25, 0.3) is 0 Å². The van der Waals surface area contributed by atoms with Gasteiger partial charge in [-0.1, -0.05) is 18.2 Å². The second kappa shape index (κ2) is 7.55. The lowest BCUT2D eigenvalue weighted by molar-refractivity contribution is -0.138. The Morgan fingerprint density at radius 2 is 1.96 bits per heavy atom. The average Bonchev–Trinajstić information content (AvgIpc) is 3.01. The van der Waals surface area contributed by atoms with E-state index in [1.165, 1.54) is 9.91 Å². The molecule has 1 fully saturated rings. The Morgan fingerprint density at radius 1 is 1.23 bits per heavy atom. The molecule has 2 amide bonds. The maximum Gasteiger partial charge on any atom is 0.328 e. The minimum Gasteiger partial charge on any atom is -0.480 e. The first-order valence-electron chi connectivity index (χ1n) is 8.73. The summed E-state index contributed by atoms with van der Waals surface area (Å²) in [6.07, 6.45) is 0.717. The maximum atomic E-state index is 12.8. The molecule has 1 saturated heterocycles. The summed E-state index contributed by atoms with van der Waals surface area (Å²) in [5.74, 6) is -1.49. The van der Waals surface area contributed by atoms with Crippen LogP contribution >= 0.6 is 0 Å². The number of nitrogens with zero attached hydrogens (tertiary/aromatic N) is 4. The highest BCUT2D eigenvalue weighted by Gasteiger charge is 2.38. The van der Waals surface area contributed by atoms with Crippen LogP contribution in [-0.2, 0) is 14.4 Å². The van der Waals surface area contributed by atoms with Crippen molar-refractivity contribution in [3.63, 3.8) is 0 Å². The molecule has 0 saturated carbocycles. The van der Waals surface area contributed by atoms with Crippen LogP contribution in [0.3, 0.4) is 0 Å². The van der Waals surface area contributed by atoms with Gasteiger partial charge >= 0.3 is 5.97 Å². The second-order valence-electron chi connectivity index (χ2n) is 6.34. The number of hydrogen-bond donors (Lipinski definition) is 1. The number of para-hydroxylation sites is 1. The largest absolute Gasteiger partial charge is 0.480 e. The molecule has 2 aliphatic rings. The Labute approximate surface area is 151 Å². The minimum absolute atomic E-state index is 0.00870. The van der Waals surface area contributed by atoms with Gasteiger partial charge in [-0.2, -0.15) is 5.10 Å². The number of rotatable bonds is 4. The molecule has 0 radical (unpaired) electrons. The van der Waals surface area contributed by atoms with Crippen LogP contribution < -0.4 is 5.01 Å². The molecule has 2 aliphatic heterocycles. The predicted molar refractivity (Wildman–Crippen MR) is 95.8 cm³/mol. The Balaban J connectivity index is 1.81. The number of carboxylic acid groups (broad SMARTS) is 1. The zero-order chi connectivity index (χ0) is 18.7. The zero-order valence-corrected chi connectivity index (χ0v) is 14.7. The summed E-state index contributed by atoms with van der Waals surface area (Å²) in [6.45, 7) is 3.62. The van der Waals surface area contributed by atoms with E-state index in [4.69, 9.17) is 0 Å². The third-order valence-corrected chi connectivity index (χ3v) is 4.67. The Bertz CT molecular complexity index is 734. The number of carbonyl (C=O) groups excluding carboxylic acids is 2. The molecule has 1 aromatic carbocycles. The Hall–Kier alpha value is -2.90. The summed E-state index contributed by atoms with van der Waals surface area (Å²) >= 11 is 0. The van der Waals surface area contributed by atoms with Crippen molar-refractivity contribution in [3.8, 4) is 0 Å². The number of carboxylic acids is 1. The Morgan fingerprint density at radius 3 is 2.62 bits per heavy atom. The van der Waals surface area contributed by atoms with Gasteiger partial charge in [0.25, 0.3) is 5.91 Å². The van der Waals surface area contributed by atoms with Gasteiger partial charge in [-0.3, -0.25) is 14.6 Å². The molecular formula is C18H22N4O4. The fourth-order valence-corrected chi connectivity index (χ4v) is 3.26. The molecule has 0 aromatic heterocycles. The summed E-state index contributed by atoms with van der Waals surface area (Å²) in [6, 6.07) is 7.98. The number of amides is 2. The number of anilines is 1. The number of likely N-dealkylation sites (N-methyl/N-ethyl adjacent to an activating group) is 1. The fourth-order valence-electron chi connectivity index (χ4n) is 3.26. The standard InChI is InChI=1S/C18H22N4O4/c1-2-20-9-6-10-21(12-16(20)23)17(24)14-11-15(18(25)26)22(19-14)13-7-4-3-5-8-13/h3-5,7-8,15H,2,6,9-12H2,1H3,(H,25,26). The van der Waals surface area contributed by atoms with Crippen LogP contribution in [0.2, 0.25) is 0 Å². The summed E-state index contributed by atoms with van der Waals surface area (Å²) in [4.78, 5) is 39.9. The van der Waals surface area contributed by atoms with Gasteiger partial charge < -0.3 is 14.9 Å². The summed E-state index contributed by atoms with van der Waals surface area (Å²) in [7, 11) is 0. The van der Waals surface area contributed by atoms with Crippen molar-refractivity contribution in [2.45, 2.75) is 25.8 Å². The topological polar surface area (TPSA) is 93.5 Å². The van der Waals surface area contributed by atoms with E-state index in [0.717, 1.165) is 0 Å². The van der Waals surface area contributed by atoms with Crippen molar-refractivity contribution in [2.75, 3.05) is 31.2 Å². The zero-order valence-electron chi connectivity index (χ0n) is 14.7. The molecule has 1 atom stereocenters. The monoisotopic (exact) mass is 358 g/mol. The van der Waals surface area contributed by atoms with E-state index in [1.54, 1.807) is 29.2 Å². The van der Waals surface area contributed by atoms with Crippen molar-refractivity contribution in [2.24, 2.45) is 5.10 Å². The van der Waals surface area contributed by atoms with Crippen LogP contribution in [0.4, 0.5) is 5.69 Å². The lowest BCUT2D eigenvalue weighted by Gasteiger charge is -2.20. The first-order chi connectivity index (χ1) is 12.5. The van der Waals surface area contributed by atoms with Crippen molar-refractivity contribution in [1.82, 2.24) is 9.80 Å². The van der Waals surface area contributed by atoms with E-state index in [2.05, 4.69) is 5.10 Å². The normalized spacial score (nSPS) is 20.8. The highest BCUT2D eigenvalue weighted by molar-refractivity contribution is 6.40. The summed E-state index contributed by atoms with van der Waals surface area (Å²) < 4.78 is 0. The van der Waals surface area contributed by atoms with Crippen LogP contribution in [0.15, 0.2) is 35.4 Å².